The van der Waals surface area contributed by atoms with E-state index in [1.54, 1.807) is 19.1 Å². The summed E-state index contributed by atoms with van der Waals surface area (Å²) in [5.74, 6) is -0.548. The molecule has 1 aromatic rings. The summed E-state index contributed by atoms with van der Waals surface area (Å²) in [5.41, 5.74) is 2.65. The fourth-order valence-corrected chi connectivity index (χ4v) is 4.43. The van der Waals surface area contributed by atoms with Gasteiger partial charge in [-0.1, -0.05) is 48.2 Å². The quantitative estimate of drug-likeness (QED) is 0.492. The number of thioether (sulfide) groups is 1. The van der Waals surface area contributed by atoms with Gasteiger partial charge in [-0.15, -0.1) is 0 Å². The summed E-state index contributed by atoms with van der Waals surface area (Å²) in [6.45, 7) is 9.33. The second-order valence-electron chi connectivity index (χ2n) is 7.23. The van der Waals surface area contributed by atoms with Crippen molar-refractivity contribution in [2.24, 2.45) is 4.99 Å². The van der Waals surface area contributed by atoms with Crippen LogP contribution < -0.4 is 5.32 Å². The Morgan fingerprint density at radius 2 is 2.07 bits per heavy atom. The smallest absolute Gasteiger partial charge is 0.338 e. The zero-order valence-electron chi connectivity index (χ0n) is 17.1. The number of carbonyl (C=O) groups excluding carboxylic acids is 2. The molecule has 0 saturated carbocycles. The number of amides is 1. The highest BCUT2D eigenvalue weighted by Crippen LogP contribution is 2.44. The van der Waals surface area contributed by atoms with E-state index in [1.807, 2.05) is 36.3 Å². The van der Waals surface area contributed by atoms with Gasteiger partial charge in [0.05, 0.1) is 23.7 Å². The molecule has 158 valence electrons. The van der Waals surface area contributed by atoms with E-state index in [2.05, 4.69) is 16.9 Å². The van der Waals surface area contributed by atoms with E-state index in [-0.39, 0.29) is 25.0 Å². The van der Waals surface area contributed by atoms with E-state index in [0.29, 0.717) is 16.3 Å². The maximum Gasteiger partial charge on any atom is 0.338 e. The van der Waals surface area contributed by atoms with Crippen LogP contribution in [0.15, 0.2) is 64.3 Å². The molecule has 0 fully saturated rings. The third-order valence-electron chi connectivity index (χ3n) is 4.53. The fraction of sp³-hybridized carbons (Fsp3) is 0.318. The lowest BCUT2D eigenvalue weighted by Crippen LogP contribution is -2.38. The predicted molar refractivity (Wildman–Crippen MR) is 121 cm³/mol. The Labute approximate surface area is 185 Å². The van der Waals surface area contributed by atoms with Crippen molar-refractivity contribution < 1.29 is 14.3 Å². The Morgan fingerprint density at radius 1 is 1.37 bits per heavy atom. The molecule has 2 heterocycles. The number of carbonyl (C=O) groups is 2. The number of benzene rings is 1. The van der Waals surface area contributed by atoms with E-state index >= 15 is 0 Å². The minimum atomic E-state index is -0.472. The van der Waals surface area contributed by atoms with Crippen LogP contribution in [0.3, 0.4) is 0 Å². The van der Waals surface area contributed by atoms with Crippen LogP contribution in [0.5, 0.6) is 0 Å². The monoisotopic (exact) mass is 445 g/mol. The molecule has 3 rings (SSSR count). The maximum absolute atomic E-state index is 12.9. The molecule has 1 unspecified atom stereocenters. The Morgan fingerprint density at radius 3 is 2.70 bits per heavy atom. The van der Waals surface area contributed by atoms with Crippen molar-refractivity contribution >= 4 is 40.4 Å². The number of esters is 1. The summed E-state index contributed by atoms with van der Waals surface area (Å²) < 4.78 is 5.35. The molecule has 8 heteroatoms. The number of hydrogen-bond acceptors (Lipinski definition) is 6. The Hall–Kier alpha value is -2.51. The zero-order chi connectivity index (χ0) is 21.8. The van der Waals surface area contributed by atoms with Crippen LogP contribution >= 0.6 is 23.4 Å². The van der Waals surface area contributed by atoms with Crippen LogP contribution in [0.2, 0.25) is 5.02 Å². The molecule has 6 nitrogen and oxygen atoms in total. The minimum Gasteiger partial charge on any atom is -0.458 e. The fourth-order valence-electron chi connectivity index (χ4n) is 3.34. The first kappa shape index (κ1) is 22.2. The lowest BCUT2D eigenvalue weighted by atomic mass is 9.94. The van der Waals surface area contributed by atoms with E-state index < -0.39 is 12.0 Å². The number of amidine groups is 1. The van der Waals surface area contributed by atoms with Crippen LogP contribution in [0.1, 0.15) is 38.8 Å². The molecule has 0 aromatic heterocycles. The largest absolute Gasteiger partial charge is 0.458 e. The van der Waals surface area contributed by atoms with Crippen molar-refractivity contribution in [3.8, 4) is 0 Å². The Balaban J connectivity index is 2.02. The summed E-state index contributed by atoms with van der Waals surface area (Å²) in [4.78, 5) is 31.9. The Kier molecular flexibility index (Phi) is 7.05. The second-order valence-corrected chi connectivity index (χ2v) is 8.50. The molecular weight excluding hydrogens is 422 g/mol. The van der Waals surface area contributed by atoms with Crippen molar-refractivity contribution in [2.45, 2.75) is 39.3 Å². The van der Waals surface area contributed by atoms with Crippen molar-refractivity contribution in [3.63, 3.8) is 0 Å². The number of nitrogens with one attached hydrogen (secondary N) is 1. The van der Waals surface area contributed by atoms with E-state index in [4.69, 9.17) is 16.3 Å². The zero-order valence-corrected chi connectivity index (χ0v) is 18.7. The SMILES string of the molecule is C=CCOC(=O)C1=C(C)N=C2SC=C(CC(=O)NC(C)C)N2C1c1ccc(Cl)cc1. The third-order valence-corrected chi connectivity index (χ3v) is 5.67. The topological polar surface area (TPSA) is 71.0 Å². The molecule has 1 aromatic carbocycles. The molecule has 2 aliphatic heterocycles. The van der Waals surface area contributed by atoms with Gasteiger partial charge in [0.25, 0.3) is 0 Å². The van der Waals surface area contributed by atoms with Gasteiger partial charge in [0.1, 0.15) is 6.61 Å². The summed E-state index contributed by atoms with van der Waals surface area (Å²) in [5, 5.41) is 6.14. The Bertz CT molecular complexity index is 951. The van der Waals surface area contributed by atoms with Gasteiger partial charge in [-0.3, -0.25) is 4.79 Å². The number of nitrogens with zero attached hydrogens (tertiary/aromatic N) is 2. The minimum absolute atomic E-state index is 0.0419. The first-order chi connectivity index (χ1) is 14.3. The summed E-state index contributed by atoms with van der Waals surface area (Å²) >= 11 is 7.52. The van der Waals surface area contributed by atoms with Crippen molar-refractivity contribution in [1.82, 2.24) is 10.2 Å². The van der Waals surface area contributed by atoms with Gasteiger partial charge in [-0.25, -0.2) is 9.79 Å². The number of hydrogen-bond donors (Lipinski definition) is 1. The van der Waals surface area contributed by atoms with Gasteiger partial charge < -0.3 is 15.0 Å². The van der Waals surface area contributed by atoms with Crippen molar-refractivity contribution in [1.29, 1.82) is 0 Å². The van der Waals surface area contributed by atoms with Gasteiger partial charge in [-0.2, -0.15) is 0 Å². The van der Waals surface area contributed by atoms with Crippen molar-refractivity contribution in [2.75, 3.05) is 6.61 Å². The maximum atomic E-state index is 12.9. The third kappa shape index (κ3) is 4.79. The van der Waals surface area contributed by atoms with Gasteiger partial charge in [-0.05, 0) is 43.9 Å². The first-order valence-corrected chi connectivity index (χ1v) is 10.8. The number of fused-ring (bicyclic) bond motifs is 1. The molecule has 2 aliphatic rings. The molecule has 1 amide bonds. The number of halogens is 1. The molecule has 0 radical (unpaired) electrons. The van der Waals surface area contributed by atoms with Crippen LogP contribution in [0.25, 0.3) is 0 Å². The predicted octanol–water partition coefficient (Wildman–Crippen LogP) is 4.56. The lowest BCUT2D eigenvalue weighted by Gasteiger charge is -2.36. The standard InChI is InChI=1S/C22H24ClN3O3S/c1-5-10-29-21(28)19-14(4)25-22-26(20(19)15-6-8-16(23)9-7-15)17(12-30-22)11-18(27)24-13(2)3/h5-9,12-13,20H,1,10-11H2,2-4H3,(H,24,27). The lowest BCUT2D eigenvalue weighted by molar-refractivity contribution is -0.138. The summed E-state index contributed by atoms with van der Waals surface area (Å²) in [7, 11) is 0. The molecule has 1 atom stereocenters. The van der Waals surface area contributed by atoms with Crippen LogP contribution in [0, 0.1) is 0 Å². The molecule has 0 spiro atoms. The van der Waals surface area contributed by atoms with Gasteiger partial charge in [0, 0.05) is 16.8 Å². The average molecular weight is 446 g/mol. The van der Waals surface area contributed by atoms with Crippen LogP contribution in [-0.4, -0.2) is 34.6 Å². The molecule has 0 bridgehead atoms. The van der Waals surface area contributed by atoms with Crippen LogP contribution in [-0.2, 0) is 14.3 Å². The van der Waals surface area contributed by atoms with Gasteiger partial charge in [0.2, 0.25) is 5.91 Å². The highest BCUT2D eigenvalue weighted by atomic mass is 35.5. The highest BCUT2D eigenvalue weighted by molar-refractivity contribution is 8.16. The van der Waals surface area contributed by atoms with E-state index in [1.165, 1.54) is 17.8 Å². The average Bonchev–Trinajstić information content (AvgIpc) is 3.07. The van der Waals surface area contributed by atoms with Crippen molar-refractivity contribution in [3.05, 3.63) is 69.9 Å². The number of rotatable bonds is 7. The second kappa shape index (κ2) is 9.53. The van der Waals surface area contributed by atoms with Gasteiger partial charge >= 0.3 is 5.97 Å². The number of allylic oxidation sites excluding steroid dienone is 1. The van der Waals surface area contributed by atoms with E-state index in [9.17, 15) is 9.59 Å². The first-order valence-electron chi connectivity index (χ1n) is 9.59. The molecular formula is C22H24ClN3O3S. The molecule has 30 heavy (non-hydrogen) atoms. The molecule has 0 saturated heterocycles. The number of aliphatic imine (C=N–C) groups is 1. The van der Waals surface area contributed by atoms with E-state index in [0.717, 1.165) is 16.4 Å². The van der Waals surface area contributed by atoms with Crippen LogP contribution in [0.4, 0.5) is 0 Å². The number of ether oxygens (including phenoxy) is 1. The summed E-state index contributed by atoms with van der Waals surface area (Å²) in [6.07, 6.45) is 1.71. The normalized spacial score (nSPS) is 18.0. The summed E-state index contributed by atoms with van der Waals surface area (Å²) in [6, 6.07) is 6.88. The highest BCUT2D eigenvalue weighted by Gasteiger charge is 2.41. The van der Waals surface area contributed by atoms with Gasteiger partial charge in [0.15, 0.2) is 5.17 Å². The molecule has 0 aliphatic carbocycles. The molecule has 1 N–H and O–H groups in total.